The van der Waals surface area contributed by atoms with Gasteiger partial charge in [0, 0.05) is 11.4 Å². The molecule has 2 N–H and O–H groups in total. The lowest BCUT2D eigenvalue weighted by Crippen LogP contribution is -2.36. The van der Waals surface area contributed by atoms with Crippen LogP contribution < -0.4 is 15.4 Å². The number of thiophene rings is 1. The summed E-state index contributed by atoms with van der Waals surface area (Å²) in [5.41, 5.74) is 2.05. The maximum Gasteiger partial charge on any atom is 0.387 e. The number of alkyl halides is 2. The Morgan fingerprint density at radius 3 is 2.72 bits per heavy atom. The molecule has 0 bridgehead atoms. The monoisotopic (exact) mass is 481 g/mol. The molecule has 8 heteroatoms. The standard InChI is InChI=1S/C17H21F2N3OS.HI/c1-3-20-17(22-11-15-12(2)7-8-24-15)21-10-13-5-4-6-14(9-13)23-16(18)19;/h4-9,16H,3,10-11H2,1-2H3,(H2,20,21,22);1H. The highest BCUT2D eigenvalue weighted by Crippen LogP contribution is 2.17. The first-order valence-electron chi connectivity index (χ1n) is 7.67. The number of hydrogen-bond acceptors (Lipinski definition) is 3. The highest BCUT2D eigenvalue weighted by atomic mass is 127. The molecule has 0 aliphatic rings. The molecule has 2 aromatic rings. The molecule has 0 atom stereocenters. The number of hydrogen-bond donors (Lipinski definition) is 2. The molecular weight excluding hydrogens is 459 g/mol. The van der Waals surface area contributed by atoms with Crippen LogP contribution >= 0.6 is 35.3 Å². The lowest BCUT2D eigenvalue weighted by atomic mass is 10.2. The van der Waals surface area contributed by atoms with Crippen LogP contribution in [0.15, 0.2) is 40.7 Å². The Balaban J connectivity index is 0.00000312. The van der Waals surface area contributed by atoms with Gasteiger partial charge >= 0.3 is 6.61 Å². The van der Waals surface area contributed by atoms with E-state index in [-0.39, 0.29) is 29.7 Å². The van der Waals surface area contributed by atoms with Crippen molar-refractivity contribution >= 4 is 41.3 Å². The van der Waals surface area contributed by atoms with E-state index in [1.165, 1.54) is 16.5 Å². The first-order chi connectivity index (χ1) is 11.6. The number of rotatable bonds is 7. The summed E-state index contributed by atoms with van der Waals surface area (Å²) in [6.07, 6.45) is 0. The third kappa shape index (κ3) is 7.55. The van der Waals surface area contributed by atoms with Gasteiger partial charge in [0.2, 0.25) is 0 Å². The van der Waals surface area contributed by atoms with E-state index in [0.717, 1.165) is 12.1 Å². The van der Waals surface area contributed by atoms with Crippen LogP contribution in [0.1, 0.15) is 22.9 Å². The summed E-state index contributed by atoms with van der Waals surface area (Å²) in [7, 11) is 0. The zero-order valence-corrected chi connectivity index (χ0v) is 17.2. The van der Waals surface area contributed by atoms with Crippen LogP contribution in [-0.4, -0.2) is 19.1 Å². The minimum absolute atomic E-state index is 0. The van der Waals surface area contributed by atoms with Crippen molar-refractivity contribution in [1.29, 1.82) is 0 Å². The second kappa shape index (κ2) is 11.2. The van der Waals surface area contributed by atoms with Crippen LogP contribution in [0.3, 0.4) is 0 Å². The molecule has 0 radical (unpaired) electrons. The first-order valence-corrected chi connectivity index (χ1v) is 8.55. The van der Waals surface area contributed by atoms with Gasteiger partial charge in [-0.3, -0.25) is 0 Å². The Kier molecular flexibility index (Phi) is 9.73. The average molecular weight is 481 g/mol. The maximum atomic E-state index is 12.3. The molecule has 138 valence electrons. The molecule has 1 heterocycles. The zero-order valence-electron chi connectivity index (χ0n) is 14.1. The summed E-state index contributed by atoms with van der Waals surface area (Å²) in [5, 5.41) is 8.51. The molecule has 0 aliphatic heterocycles. The van der Waals surface area contributed by atoms with Crippen LogP contribution in [0.2, 0.25) is 0 Å². The molecule has 0 amide bonds. The van der Waals surface area contributed by atoms with Crippen molar-refractivity contribution in [3.05, 3.63) is 51.7 Å². The lowest BCUT2D eigenvalue weighted by molar-refractivity contribution is -0.0498. The minimum Gasteiger partial charge on any atom is -0.435 e. The van der Waals surface area contributed by atoms with E-state index in [1.807, 2.05) is 13.0 Å². The molecule has 0 aliphatic carbocycles. The van der Waals surface area contributed by atoms with Crippen LogP contribution in [0.5, 0.6) is 5.75 Å². The summed E-state index contributed by atoms with van der Waals surface area (Å²) in [5.74, 6) is 0.829. The Hall–Kier alpha value is -1.42. The number of ether oxygens (including phenoxy) is 1. The Bertz CT molecular complexity index is 679. The largest absolute Gasteiger partial charge is 0.435 e. The van der Waals surface area contributed by atoms with Crippen molar-refractivity contribution in [3.8, 4) is 5.75 Å². The van der Waals surface area contributed by atoms with Gasteiger partial charge in [0.15, 0.2) is 5.96 Å². The highest BCUT2D eigenvalue weighted by molar-refractivity contribution is 14.0. The number of nitrogens with zero attached hydrogens (tertiary/aromatic N) is 1. The summed E-state index contributed by atoms with van der Waals surface area (Å²) in [6, 6.07) is 8.66. The Morgan fingerprint density at radius 2 is 2.08 bits per heavy atom. The fraction of sp³-hybridized carbons (Fsp3) is 0.353. The Morgan fingerprint density at radius 1 is 1.28 bits per heavy atom. The summed E-state index contributed by atoms with van der Waals surface area (Å²) in [4.78, 5) is 5.75. The topological polar surface area (TPSA) is 45.7 Å². The van der Waals surface area contributed by atoms with Gasteiger partial charge in [-0.25, -0.2) is 4.99 Å². The smallest absolute Gasteiger partial charge is 0.387 e. The maximum absolute atomic E-state index is 12.3. The molecule has 0 fully saturated rings. The predicted octanol–water partition coefficient (Wildman–Crippen LogP) is 4.53. The van der Waals surface area contributed by atoms with Gasteiger partial charge in [-0.15, -0.1) is 35.3 Å². The lowest BCUT2D eigenvalue weighted by Gasteiger charge is -2.11. The summed E-state index contributed by atoms with van der Waals surface area (Å²) in [6.45, 7) is 3.06. The van der Waals surface area contributed by atoms with Gasteiger partial charge < -0.3 is 15.4 Å². The Labute approximate surface area is 167 Å². The van der Waals surface area contributed by atoms with Crippen LogP contribution in [-0.2, 0) is 13.1 Å². The molecule has 0 spiro atoms. The molecule has 4 nitrogen and oxygen atoms in total. The summed E-state index contributed by atoms with van der Waals surface area (Å²) < 4.78 is 28.9. The number of nitrogens with one attached hydrogen (secondary N) is 2. The van der Waals surface area contributed by atoms with Gasteiger partial charge in [0.05, 0.1) is 13.1 Å². The van der Waals surface area contributed by atoms with Gasteiger partial charge in [0.25, 0.3) is 0 Å². The van der Waals surface area contributed by atoms with Crippen molar-refractivity contribution in [3.63, 3.8) is 0 Å². The minimum atomic E-state index is -2.82. The number of aryl methyl sites for hydroxylation is 1. The predicted molar refractivity (Wildman–Crippen MR) is 109 cm³/mol. The van der Waals surface area contributed by atoms with E-state index >= 15 is 0 Å². The van der Waals surface area contributed by atoms with Crippen molar-refractivity contribution in [1.82, 2.24) is 10.6 Å². The van der Waals surface area contributed by atoms with Crippen molar-refractivity contribution in [2.24, 2.45) is 4.99 Å². The van der Waals surface area contributed by atoms with Crippen LogP contribution in [0.25, 0.3) is 0 Å². The highest BCUT2D eigenvalue weighted by Gasteiger charge is 2.05. The average Bonchev–Trinajstić information content (AvgIpc) is 2.95. The van der Waals surface area contributed by atoms with E-state index in [9.17, 15) is 8.78 Å². The second-order valence-corrected chi connectivity index (χ2v) is 6.10. The van der Waals surface area contributed by atoms with E-state index in [4.69, 9.17) is 0 Å². The molecule has 0 unspecified atom stereocenters. The first kappa shape index (κ1) is 21.6. The van der Waals surface area contributed by atoms with Crippen LogP contribution in [0, 0.1) is 6.92 Å². The normalized spacial score (nSPS) is 11.2. The molecule has 0 saturated heterocycles. The SMILES string of the molecule is CCNC(=NCc1cccc(OC(F)F)c1)NCc1sccc1C.I. The molecular formula is C17H22F2IN3OS. The fourth-order valence-corrected chi connectivity index (χ4v) is 2.93. The fourth-order valence-electron chi connectivity index (χ4n) is 2.08. The van der Waals surface area contributed by atoms with Crippen molar-refractivity contribution in [2.75, 3.05) is 6.54 Å². The van der Waals surface area contributed by atoms with Crippen molar-refractivity contribution < 1.29 is 13.5 Å². The van der Waals surface area contributed by atoms with E-state index < -0.39 is 6.61 Å². The molecule has 25 heavy (non-hydrogen) atoms. The molecule has 1 aromatic carbocycles. The number of halogens is 3. The van der Waals surface area contributed by atoms with Crippen LogP contribution in [0.4, 0.5) is 8.78 Å². The van der Waals surface area contributed by atoms with Crippen molar-refractivity contribution in [2.45, 2.75) is 33.5 Å². The van der Waals surface area contributed by atoms with Gasteiger partial charge in [-0.05, 0) is 48.6 Å². The molecule has 0 saturated carbocycles. The van der Waals surface area contributed by atoms with Gasteiger partial charge in [-0.1, -0.05) is 12.1 Å². The third-order valence-corrected chi connectivity index (χ3v) is 4.30. The van der Waals surface area contributed by atoms with E-state index in [1.54, 1.807) is 23.5 Å². The number of guanidine groups is 1. The molecule has 2 rings (SSSR count). The van der Waals surface area contributed by atoms with E-state index in [2.05, 4.69) is 38.7 Å². The quantitative estimate of drug-likeness (QED) is 0.347. The zero-order chi connectivity index (χ0) is 17.4. The van der Waals surface area contributed by atoms with Gasteiger partial charge in [-0.2, -0.15) is 8.78 Å². The number of benzene rings is 1. The third-order valence-electron chi connectivity index (χ3n) is 3.27. The van der Waals surface area contributed by atoms with E-state index in [0.29, 0.717) is 19.0 Å². The molecule has 1 aromatic heterocycles. The second-order valence-electron chi connectivity index (χ2n) is 5.10. The van der Waals surface area contributed by atoms with Gasteiger partial charge in [0.1, 0.15) is 5.75 Å². The summed E-state index contributed by atoms with van der Waals surface area (Å²) >= 11 is 1.70. The number of aliphatic imine (C=N–C) groups is 1.